The quantitative estimate of drug-likeness (QED) is 0.717. The molecule has 0 atom stereocenters. The van der Waals surface area contributed by atoms with Crippen LogP contribution in [0.1, 0.15) is 18.1 Å². The highest BCUT2D eigenvalue weighted by Gasteiger charge is 2.06. The summed E-state index contributed by atoms with van der Waals surface area (Å²) in [5.41, 5.74) is 2.30. The van der Waals surface area contributed by atoms with Gasteiger partial charge in [0.15, 0.2) is 0 Å². The van der Waals surface area contributed by atoms with Crippen molar-refractivity contribution in [1.82, 2.24) is 5.32 Å². The second-order valence-electron chi connectivity index (χ2n) is 4.67. The monoisotopic (exact) mass is 397 g/mol. The Morgan fingerprint density at radius 1 is 1.10 bits per heavy atom. The van der Waals surface area contributed by atoms with Crippen molar-refractivity contribution < 1.29 is 9.47 Å². The second kappa shape index (κ2) is 8.24. The third-order valence-electron chi connectivity index (χ3n) is 3.15. The van der Waals surface area contributed by atoms with Crippen LogP contribution in [0.3, 0.4) is 0 Å². The average molecular weight is 397 g/mol. The molecule has 0 aliphatic carbocycles. The lowest BCUT2D eigenvalue weighted by Gasteiger charge is -2.13. The Hall–Kier alpha value is -1.27. The van der Waals surface area contributed by atoms with Crippen molar-refractivity contribution in [1.29, 1.82) is 0 Å². The normalized spacial score (nSPS) is 10.4. The molecule has 0 saturated heterocycles. The Labute approximate surface area is 139 Å². The van der Waals surface area contributed by atoms with E-state index in [2.05, 4.69) is 59.1 Å². The fourth-order valence-corrected chi connectivity index (χ4v) is 2.30. The van der Waals surface area contributed by atoms with Crippen molar-refractivity contribution in [3.8, 4) is 11.5 Å². The number of ether oxygens (including phenoxy) is 2. The number of rotatable bonds is 7. The molecule has 0 radical (unpaired) electrons. The summed E-state index contributed by atoms with van der Waals surface area (Å²) in [5.74, 6) is 1.68. The summed E-state index contributed by atoms with van der Waals surface area (Å²) in [6.07, 6.45) is 0. The molecule has 2 rings (SSSR count). The molecule has 0 aliphatic heterocycles. The van der Waals surface area contributed by atoms with Crippen molar-refractivity contribution in [2.24, 2.45) is 0 Å². The minimum Gasteiger partial charge on any atom is -0.497 e. The average Bonchev–Trinajstić information content (AvgIpc) is 2.52. The van der Waals surface area contributed by atoms with Crippen LogP contribution in [0, 0.1) is 3.57 Å². The van der Waals surface area contributed by atoms with E-state index >= 15 is 0 Å². The molecule has 3 nitrogen and oxygen atoms in total. The van der Waals surface area contributed by atoms with Crippen molar-refractivity contribution >= 4 is 22.6 Å². The molecule has 0 spiro atoms. The van der Waals surface area contributed by atoms with Gasteiger partial charge in [0.05, 0.1) is 7.11 Å². The Kier molecular flexibility index (Phi) is 6.32. The van der Waals surface area contributed by atoms with E-state index < -0.39 is 0 Å². The van der Waals surface area contributed by atoms with Crippen LogP contribution in [0.15, 0.2) is 42.5 Å². The molecule has 4 heteroatoms. The maximum Gasteiger partial charge on any atom is 0.127 e. The summed E-state index contributed by atoms with van der Waals surface area (Å²) in [5, 5.41) is 3.33. The van der Waals surface area contributed by atoms with E-state index in [4.69, 9.17) is 9.47 Å². The van der Waals surface area contributed by atoms with Gasteiger partial charge < -0.3 is 14.8 Å². The van der Waals surface area contributed by atoms with Gasteiger partial charge in [-0.05, 0) is 52.9 Å². The minimum absolute atomic E-state index is 0.559. The van der Waals surface area contributed by atoms with Gasteiger partial charge in [-0.15, -0.1) is 0 Å². The SMILES string of the molecule is CCNCc1ccc(OC)cc1OCc1ccc(I)cc1. The molecular weight excluding hydrogens is 377 g/mol. The van der Waals surface area contributed by atoms with E-state index in [1.807, 2.05) is 18.2 Å². The number of hydrogen-bond donors (Lipinski definition) is 1. The maximum atomic E-state index is 5.98. The first-order valence-electron chi connectivity index (χ1n) is 6.97. The van der Waals surface area contributed by atoms with E-state index in [-0.39, 0.29) is 0 Å². The number of hydrogen-bond acceptors (Lipinski definition) is 3. The van der Waals surface area contributed by atoms with Crippen molar-refractivity contribution in [3.05, 3.63) is 57.2 Å². The zero-order valence-electron chi connectivity index (χ0n) is 12.4. The maximum absolute atomic E-state index is 5.98. The van der Waals surface area contributed by atoms with E-state index in [0.29, 0.717) is 6.61 Å². The summed E-state index contributed by atoms with van der Waals surface area (Å²) in [6.45, 7) is 4.38. The van der Waals surface area contributed by atoms with Crippen molar-refractivity contribution in [2.45, 2.75) is 20.1 Å². The Balaban J connectivity index is 2.10. The van der Waals surface area contributed by atoms with E-state index in [1.165, 1.54) is 3.57 Å². The molecular formula is C17H20INO2. The Morgan fingerprint density at radius 3 is 2.52 bits per heavy atom. The second-order valence-corrected chi connectivity index (χ2v) is 5.91. The molecule has 2 aromatic carbocycles. The van der Waals surface area contributed by atoms with Gasteiger partial charge >= 0.3 is 0 Å². The van der Waals surface area contributed by atoms with Gasteiger partial charge in [0.25, 0.3) is 0 Å². The van der Waals surface area contributed by atoms with Crippen LogP contribution in [0.25, 0.3) is 0 Å². The Bertz CT molecular complexity index is 570. The summed E-state index contributed by atoms with van der Waals surface area (Å²) in [4.78, 5) is 0. The standard InChI is InChI=1S/C17H20INO2/c1-3-19-11-14-6-9-16(20-2)10-17(14)21-12-13-4-7-15(18)8-5-13/h4-10,19H,3,11-12H2,1-2H3. The molecule has 0 aromatic heterocycles. The fraction of sp³-hybridized carbons (Fsp3) is 0.294. The van der Waals surface area contributed by atoms with Crippen LogP contribution in [0.4, 0.5) is 0 Å². The molecule has 1 N–H and O–H groups in total. The van der Waals surface area contributed by atoms with E-state index in [9.17, 15) is 0 Å². The fourth-order valence-electron chi connectivity index (χ4n) is 1.94. The summed E-state index contributed by atoms with van der Waals surface area (Å²) < 4.78 is 12.5. The molecule has 2 aromatic rings. The van der Waals surface area contributed by atoms with Crippen LogP contribution in [0.2, 0.25) is 0 Å². The summed E-state index contributed by atoms with van der Waals surface area (Å²) in [7, 11) is 1.67. The van der Waals surface area contributed by atoms with Crippen LogP contribution < -0.4 is 14.8 Å². The van der Waals surface area contributed by atoms with Gasteiger partial charge in [-0.25, -0.2) is 0 Å². The van der Waals surface area contributed by atoms with Crippen LogP contribution in [-0.4, -0.2) is 13.7 Å². The van der Waals surface area contributed by atoms with Crippen molar-refractivity contribution in [3.63, 3.8) is 0 Å². The van der Waals surface area contributed by atoms with E-state index in [1.54, 1.807) is 7.11 Å². The molecule has 0 saturated carbocycles. The zero-order valence-corrected chi connectivity index (χ0v) is 14.5. The number of halogens is 1. The molecule has 0 unspecified atom stereocenters. The van der Waals surface area contributed by atoms with E-state index in [0.717, 1.165) is 35.7 Å². The van der Waals surface area contributed by atoms with Crippen LogP contribution in [0.5, 0.6) is 11.5 Å². The van der Waals surface area contributed by atoms with Gasteiger partial charge in [0, 0.05) is 21.7 Å². The smallest absolute Gasteiger partial charge is 0.127 e. The molecule has 112 valence electrons. The van der Waals surface area contributed by atoms with Crippen molar-refractivity contribution in [2.75, 3.05) is 13.7 Å². The number of methoxy groups -OCH3 is 1. The zero-order chi connectivity index (χ0) is 15.1. The first kappa shape index (κ1) is 16.1. The predicted octanol–water partition coefficient (Wildman–Crippen LogP) is 3.99. The number of benzene rings is 2. The highest BCUT2D eigenvalue weighted by molar-refractivity contribution is 14.1. The lowest BCUT2D eigenvalue weighted by molar-refractivity contribution is 0.299. The first-order chi connectivity index (χ1) is 10.2. The lowest BCUT2D eigenvalue weighted by Crippen LogP contribution is -2.13. The van der Waals surface area contributed by atoms with Gasteiger partial charge in [-0.3, -0.25) is 0 Å². The minimum atomic E-state index is 0.559. The Morgan fingerprint density at radius 2 is 1.86 bits per heavy atom. The van der Waals surface area contributed by atoms with Crippen LogP contribution in [-0.2, 0) is 13.2 Å². The predicted molar refractivity (Wildman–Crippen MR) is 93.9 cm³/mol. The third-order valence-corrected chi connectivity index (χ3v) is 3.87. The van der Waals surface area contributed by atoms with Gasteiger partial charge in [-0.2, -0.15) is 0 Å². The summed E-state index contributed by atoms with van der Waals surface area (Å²) in [6, 6.07) is 14.3. The first-order valence-corrected chi connectivity index (χ1v) is 8.05. The van der Waals surface area contributed by atoms with Gasteiger partial charge in [-0.1, -0.05) is 25.1 Å². The summed E-state index contributed by atoms with van der Waals surface area (Å²) >= 11 is 2.30. The molecule has 0 bridgehead atoms. The molecule has 21 heavy (non-hydrogen) atoms. The third kappa shape index (κ3) is 4.89. The van der Waals surface area contributed by atoms with Crippen LogP contribution >= 0.6 is 22.6 Å². The molecule has 0 fully saturated rings. The molecule has 0 heterocycles. The highest BCUT2D eigenvalue weighted by atomic mass is 127. The van der Waals surface area contributed by atoms with Gasteiger partial charge in [0.2, 0.25) is 0 Å². The molecule has 0 aliphatic rings. The largest absolute Gasteiger partial charge is 0.497 e. The highest BCUT2D eigenvalue weighted by Crippen LogP contribution is 2.25. The topological polar surface area (TPSA) is 30.5 Å². The lowest BCUT2D eigenvalue weighted by atomic mass is 10.2. The van der Waals surface area contributed by atoms with Gasteiger partial charge in [0.1, 0.15) is 18.1 Å². The number of nitrogens with one attached hydrogen (secondary N) is 1. The molecule has 0 amide bonds.